The summed E-state index contributed by atoms with van der Waals surface area (Å²) < 4.78 is 5.02. The standard InChI is InChI=1S/C13H19NO2/c1-14-10-5-11-16-13(15)9-8-12-6-3-2-4-7-12/h3,6-9,14H,2,4-5,10-11H2,1H3/b9-8+. The fourth-order valence-electron chi connectivity index (χ4n) is 1.39. The molecule has 0 saturated heterocycles. The van der Waals surface area contributed by atoms with Gasteiger partial charge in [0.25, 0.3) is 0 Å². The average Bonchev–Trinajstić information content (AvgIpc) is 2.33. The van der Waals surface area contributed by atoms with Crippen LogP contribution in [0, 0.1) is 0 Å². The van der Waals surface area contributed by atoms with Gasteiger partial charge in [-0.3, -0.25) is 0 Å². The Morgan fingerprint density at radius 2 is 2.44 bits per heavy atom. The molecule has 3 heteroatoms. The summed E-state index contributed by atoms with van der Waals surface area (Å²) in [5.74, 6) is -0.268. The van der Waals surface area contributed by atoms with Crippen molar-refractivity contribution in [2.75, 3.05) is 20.2 Å². The Morgan fingerprint density at radius 1 is 1.56 bits per heavy atom. The van der Waals surface area contributed by atoms with Crippen molar-refractivity contribution in [2.45, 2.75) is 19.3 Å². The maximum atomic E-state index is 11.3. The second-order valence-electron chi connectivity index (χ2n) is 3.64. The van der Waals surface area contributed by atoms with E-state index >= 15 is 0 Å². The van der Waals surface area contributed by atoms with Crippen molar-refractivity contribution in [1.29, 1.82) is 0 Å². The van der Waals surface area contributed by atoms with Gasteiger partial charge in [-0.05, 0) is 44.5 Å². The summed E-state index contributed by atoms with van der Waals surface area (Å²) in [4.78, 5) is 11.3. The lowest BCUT2D eigenvalue weighted by Crippen LogP contribution is -2.12. The van der Waals surface area contributed by atoms with Gasteiger partial charge in [-0.25, -0.2) is 4.79 Å². The number of hydrogen-bond donors (Lipinski definition) is 1. The molecular formula is C13H19NO2. The van der Waals surface area contributed by atoms with E-state index in [-0.39, 0.29) is 5.97 Å². The van der Waals surface area contributed by atoms with Crippen LogP contribution < -0.4 is 5.32 Å². The second-order valence-corrected chi connectivity index (χ2v) is 3.64. The van der Waals surface area contributed by atoms with Gasteiger partial charge in [0.15, 0.2) is 0 Å². The fraction of sp³-hybridized carbons (Fsp3) is 0.462. The van der Waals surface area contributed by atoms with Crippen LogP contribution in [0.25, 0.3) is 0 Å². The highest BCUT2D eigenvalue weighted by Gasteiger charge is 1.97. The Balaban J connectivity index is 2.20. The smallest absolute Gasteiger partial charge is 0.330 e. The van der Waals surface area contributed by atoms with Crippen LogP contribution in [0.15, 0.2) is 36.0 Å². The normalized spacial score (nSPS) is 15.2. The summed E-state index contributed by atoms with van der Waals surface area (Å²) >= 11 is 0. The summed E-state index contributed by atoms with van der Waals surface area (Å²) in [6.45, 7) is 1.34. The van der Waals surface area contributed by atoms with Gasteiger partial charge in [0.1, 0.15) is 0 Å². The van der Waals surface area contributed by atoms with E-state index in [9.17, 15) is 4.79 Å². The molecule has 0 fully saturated rings. The Morgan fingerprint density at radius 3 is 3.12 bits per heavy atom. The Hall–Kier alpha value is -1.35. The van der Waals surface area contributed by atoms with Gasteiger partial charge in [0, 0.05) is 6.08 Å². The minimum Gasteiger partial charge on any atom is -0.462 e. The van der Waals surface area contributed by atoms with Gasteiger partial charge in [-0.2, -0.15) is 0 Å². The topological polar surface area (TPSA) is 38.3 Å². The van der Waals surface area contributed by atoms with Crippen molar-refractivity contribution in [1.82, 2.24) is 5.32 Å². The van der Waals surface area contributed by atoms with Crippen LogP contribution in [0.4, 0.5) is 0 Å². The van der Waals surface area contributed by atoms with E-state index in [1.165, 1.54) is 6.08 Å². The van der Waals surface area contributed by atoms with Crippen LogP contribution in [-0.2, 0) is 9.53 Å². The van der Waals surface area contributed by atoms with Gasteiger partial charge < -0.3 is 10.1 Å². The molecule has 0 unspecified atom stereocenters. The first-order valence-corrected chi connectivity index (χ1v) is 5.69. The maximum absolute atomic E-state index is 11.3. The summed E-state index contributed by atoms with van der Waals surface area (Å²) in [5.41, 5.74) is 1.08. The van der Waals surface area contributed by atoms with Crippen LogP contribution in [0.5, 0.6) is 0 Å². The zero-order valence-corrected chi connectivity index (χ0v) is 9.74. The number of carbonyl (C=O) groups excluding carboxylic acids is 1. The molecule has 0 bridgehead atoms. The molecule has 3 nitrogen and oxygen atoms in total. The molecule has 0 heterocycles. The summed E-state index contributed by atoms with van der Waals surface area (Å²) in [7, 11) is 1.88. The molecule has 88 valence electrons. The van der Waals surface area contributed by atoms with E-state index in [0.29, 0.717) is 6.61 Å². The minimum atomic E-state index is -0.268. The van der Waals surface area contributed by atoms with E-state index < -0.39 is 0 Å². The third-order valence-corrected chi connectivity index (χ3v) is 2.25. The number of ether oxygens (including phenoxy) is 1. The molecule has 0 aromatic heterocycles. The molecule has 0 radical (unpaired) electrons. The zero-order chi connectivity index (χ0) is 11.6. The minimum absolute atomic E-state index is 0.268. The van der Waals surface area contributed by atoms with Crippen molar-refractivity contribution < 1.29 is 9.53 Å². The number of allylic oxidation sites excluding steroid dienone is 5. The van der Waals surface area contributed by atoms with E-state index in [1.807, 2.05) is 13.1 Å². The molecule has 0 amide bonds. The molecule has 0 aromatic carbocycles. The lowest BCUT2D eigenvalue weighted by molar-refractivity contribution is -0.137. The van der Waals surface area contributed by atoms with Crippen molar-refractivity contribution >= 4 is 5.97 Å². The molecule has 0 aliphatic heterocycles. The largest absolute Gasteiger partial charge is 0.462 e. The number of nitrogens with one attached hydrogen (secondary N) is 1. The summed E-state index contributed by atoms with van der Waals surface area (Å²) in [6.07, 6.45) is 12.5. The first-order valence-electron chi connectivity index (χ1n) is 5.69. The predicted molar refractivity (Wildman–Crippen MR) is 65.1 cm³/mol. The van der Waals surface area contributed by atoms with E-state index in [4.69, 9.17) is 4.74 Å². The van der Waals surface area contributed by atoms with Crippen molar-refractivity contribution in [3.05, 3.63) is 36.0 Å². The molecule has 1 aliphatic carbocycles. The van der Waals surface area contributed by atoms with Crippen LogP contribution in [0.2, 0.25) is 0 Å². The van der Waals surface area contributed by atoms with Crippen LogP contribution in [0.1, 0.15) is 19.3 Å². The quantitative estimate of drug-likeness (QED) is 0.423. The van der Waals surface area contributed by atoms with E-state index in [1.54, 1.807) is 6.08 Å². The first kappa shape index (κ1) is 12.7. The third kappa shape index (κ3) is 5.51. The van der Waals surface area contributed by atoms with Crippen LogP contribution in [-0.4, -0.2) is 26.2 Å². The molecule has 1 rings (SSSR count). The first-order chi connectivity index (χ1) is 7.83. The van der Waals surface area contributed by atoms with Crippen molar-refractivity contribution in [3.63, 3.8) is 0 Å². The van der Waals surface area contributed by atoms with Gasteiger partial charge >= 0.3 is 5.97 Å². The monoisotopic (exact) mass is 221 g/mol. The van der Waals surface area contributed by atoms with Crippen LogP contribution in [0.3, 0.4) is 0 Å². The SMILES string of the molecule is CNCCCOC(=O)/C=C/C1=CCCC=C1. The van der Waals surface area contributed by atoms with Crippen molar-refractivity contribution in [2.24, 2.45) is 0 Å². The van der Waals surface area contributed by atoms with Gasteiger partial charge in [-0.15, -0.1) is 0 Å². The molecule has 0 saturated carbocycles. The molecule has 0 aromatic rings. The highest BCUT2D eigenvalue weighted by Crippen LogP contribution is 2.10. The molecule has 16 heavy (non-hydrogen) atoms. The van der Waals surface area contributed by atoms with Crippen LogP contribution >= 0.6 is 0 Å². The number of hydrogen-bond acceptors (Lipinski definition) is 3. The molecule has 0 spiro atoms. The summed E-state index contributed by atoms with van der Waals surface area (Å²) in [6, 6.07) is 0. The highest BCUT2D eigenvalue weighted by molar-refractivity contribution is 5.82. The van der Waals surface area contributed by atoms with Gasteiger partial charge in [-0.1, -0.05) is 18.2 Å². The van der Waals surface area contributed by atoms with Gasteiger partial charge in [0.05, 0.1) is 6.61 Å². The Bertz CT molecular complexity index is 303. The lowest BCUT2D eigenvalue weighted by Gasteiger charge is -2.02. The Labute approximate surface area is 96.9 Å². The van der Waals surface area contributed by atoms with E-state index in [2.05, 4.69) is 17.5 Å². The maximum Gasteiger partial charge on any atom is 0.330 e. The molecule has 1 N–H and O–H groups in total. The third-order valence-electron chi connectivity index (χ3n) is 2.25. The molecule has 0 atom stereocenters. The predicted octanol–water partition coefficient (Wildman–Crippen LogP) is 1.97. The second kappa shape index (κ2) is 7.88. The fourth-order valence-corrected chi connectivity index (χ4v) is 1.39. The lowest BCUT2D eigenvalue weighted by atomic mass is 10.1. The van der Waals surface area contributed by atoms with Crippen molar-refractivity contribution in [3.8, 4) is 0 Å². The van der Waals surface area contributed by atoms with E-state index in [0.717, 1.165) is 31.4 Å². The zero-order valence-electron chi connectivity index (χ0n) is 9.74. The summed E-state index contributed by atoms with van der Waals surface area (Å²) in [5, 5.41) is 3.00. The number of rotatable bonds is 6. The molecular weight excluding hydrogens is 202 g/mol. The Kier molecular flexibility index (Phi) is 6.26. The number of carbonyl (C=O) groups is 1. The number of esters is 1. The average molecular weight is 221 g/mol. The van der Waals surface area contributed by atoms with Gasteiger partial charge in [0.2, 0.25) is 0 Å². The molecule has 1 aliphatic rings. The highest BCUT2D eigenvalue weighted by atomic mass is 16.5.